The van der Waals surface area contributed by atoms with Gasteiger partial charge in [0, 0.05) is 47.4 Å². The summed E-state index contributed by atoms with van der Waals surface area (Å²) in [4.78, 5) is 23.1. The summed E-state index contributed by atoms with van der Waals surface area (Å²) in [6.07, 6.45) is 5.49. The van der Waals surface area contributed by atoms with Crippen molar-refractivity contribution in [3.05, 3.63) is 46.0 Å². The lowest BCUT2D eigenvalue weighted by Crippen LogP contribution is -2.33. The molecule has 0 bridgehead atoms. The fourth-order valence-electron chi connectivity index (χ4n) is 3.44. The maximum atomic E-state index is 11.8. The molecule has 0 radical (unpaired) electrons. The van der Waals surface area contributed by atoms with Gasteiger partial charge >= 0.3 is 0 Å². The first-order valence-electron chi connectivity index (χ1n) is 9.91. The molecule has 150 valence electrons. The SMILES string of the molecule is C=c1/c(=C\C/C=C(\C)CC(C)=O)n(CCNC(C)C)c2ccc(C(C)=O)cc12. The summed E-state index contributed by atoms with van der Waals surface area (Å²) in [5.74, 6) is 0.237. The highest BCUT2D eigenvalue weighted by Crippen LogP contribution is 2.13. The van der Waals surface area contributed by atoms with Gasteiger partial charge in [-0.3, -0.25) is 9.59 Å². The third kappa shape index (κ3) is 5.52. The summed E-state index contributed by atoms with van der Waals surface area (Å²) in [6, 6.07) is 6.28. The quantitative estimate of drug-likeness (QED) is 0.536. The van der Waals surface area contributed by atoms with E-state index in [9.17, 15) is 9.59 Å². The molecule has 0 aliphatic rings. The van der Waals surface area contributed by atoms with Crippen molar-refractivity contribution in [1.82, 2.24) is 9.88 Å². The molecule has 0 amide bonds. The summed E-state index contributed by atoms with van der Waals surface area (Å²) in [7, 11) is 0. The number of carbonyl (C=O) groups excluding carboxylic acids is 2. The van der Waals surface area contributed by atoms with Gasteiger partial charge < -0.3 is 9.88 Å². The first-order valence-corrected chi connectivity index (χ1v) is 9.91. The number of hydrogen-bond acceptors (Lipinski definition) is 3. The largest absolute Gasteiger partial charge is 0.339 e. The highest BCUT2D eigenvalue weighted by molar-refractivity contribution is 5.98. The Hall–Kier alpha value is -2.46. The number of benzene rings is 1. The van der Waals surface area contributed by atoms with E-state index in [2.05, 4.69) is 42.5 Å². The van der Waals surface area contributed by atoms with Crippen LogP contribution in [0.4, 0.5) is 0 Å². The van der Waals surface area contributed by atoms with E-state index in [1.54, 1.807) is 13.8 Å². The zero-order chi connectivity index (χ0) is 20.8. The normalized spacial score (nSPS) is 12.9. The van der Waals surface area contributed by atoms with Gasteiger partial charge in [0.05, 0.1) is 0 Å². The van der Waals surface area contributed by atoms with Gasteiger partial charge in [0.25, 0.3) is 0 Å². The molecule has 0 saturated heterocycles. The van der Waals surface area contributed by atoms with Crippen LogP contribution < -0.4 is 15.9 Å². The zero-order valence-electron chi connectivity index (χ0n) is 17.8. The number of allylic oxidation sites excluding steroid dienone is 2. The second-order valence-corrected chi connectivity index (χ2v) is 7.78. The number of hydrogen-bond donors (Lipinski definition) is 1. The summed E-state index contributed by atoms with van der Waals surface area (Å²) >= 11 is 0. The van der Waals surface area contributed by atoms with Crippen LogP contribution in [0.5, 0.6) is 0 Å². The topological polar surface area (TPSA) is 51.1 Å². The molecule has 0 spiro atoms. The maximum Gasteiger partial charge on any atom is 0.159 e. The average molecular weight is 381 g/mol. The van der Waals surface area contributed by atoms with Crippen molar-refractivity contribution < 1.29 is 9.59 Å². The van der Waals surface area contributed by atoms with Crippen molar-refractivity contribution in [2.24, 2.45) is 0 Å². The molecule has 1 N–H and O–H groups in total. The van der Waals surface area contributed by atoms with Crippen molar-refractivity contribution in [2.75, 3.05) is 6.54 Å². The molecular weight excluding hydrogens is 348 g/mol. The maximum absolute atomic E-state index is 11.8. The Labute approximate surface area is 167 Å². The first kappa shape index (κ1) is 21.8. The van der Waals surface area contributed by atoms with Crippen molar-refractivity contribution in [1.29, 1.82) is 0 Å². The van der Waals surface area contributed by atoms with Gasteiger partial charge in [0.1, 0.15) is 5.78 Å². The molecule has 4 heteroatoms. The monoisotopic (exact) mass is 380 g/mol. The van der Waals surface area contributed by atoms with Crippen molar-refractivity contribution >= 4 is 35.1 Å². The lowest BCUT2D eigenvalue weighted by molar-refractivity contribution is -0.116. The van der Waals surface area contributed by atoms with Gasteiger partial charge in [-0.2, -0.15) is 0 Å². The number of rotatable bonds is 9. The van der Waals surface area contributed by atoms with E-state index in [1.807, 2.05) is 25.1 Å². The molecule has 0 aliphatic carbocycles. The van der Waals surface area contributed by atoms with E-state index in [0.29, 0.717) is 18.0 Å². The number of carbonyl (C=O) groups is 2. The van der Waals surface area contributed by atoms with Gasteiger partial charge in [-0.25, -0.2) is 0 Å². The molecule has 0 unspecified atom stereocenters. The minimum Gasteiger partial charge on any atom is -0.339 e. The predicted molar refractivity (Wildman–Crippen MR) is 118 cm³/mol. The van der Waals surface area contributed by atoms with E-state index in [0.717, 1.165) is 46.6 Å². The molecule has 2 aromatic rings. The lowest BCUT2D eigenvalue weighted by Gasteiger charge is -2.11. The Morgan fingerprint density at radius 3 is 2.54 bits per heavy atom. The first-order chi connectivity index (χ1) is 13.2. The van der Waals surface area contributed by atoms with Gasteiger partial charge in [0.2, 0.25) is 0 Å². The Bertz CT molecular complexity index is 1010. The highest BCUT2D eigenvalue weighted by atomic mass is 16.1. The molecule has 28 heavy (non-hydrogen) atoms. The van der Waals surface area contributed by atoms with Crippen LogP contribution in [0.15, 0.2) is 29.8 Å². The van der Waals surface area contributed by atoms with Gasteiger partial charge in [0.15, 0.2) is 5.78 Å². The number of ketones is 2. The molecule has 0 saturated carbocycles. The van der Waals surface area contributed by atoms with E-state index in [-0.39, 0.29) is 11.6 Å². The van der Waals surface area contributed by atoms with E-state index >= 15 is 0 Å². The van der Waals surface area contributed by atoms with Crippen LogP contribution in [0.2, 0.25) is 0 Å². The van der Waals surface area contributed by atoms with E-state index in [1.165, 1.54) is 0 Å². The highest BCUT2D eigenvalue weighted by Gasteiger charge is 2.09. The molecule has 4 nitrogen and oxygen atoms in total. The van der Waals surface area contributed by atoms with Crippen LogP contribution in [0, 0.1) is 0 Å². The molecule has 1 aromatic carbocycles. The molecule has 0 atom stereocenters. The van der Waals surface area contributed by atoms with Crippen molar-refractivity contribution in [3.8, 4) is 0 Å². The molecule has 0 fully saturated rings. The number of aromatic nitrogens is 1. The molecule has 1 heterocycles. The smallest absolute Gasteiger partial charge is 0.159 e. The Kier molecular flexibility index (Phi) is 7.53. The number of fused-ring (bicyclic) bond motifs is 1. The standard InChI is InChI=1S/C24H32N2O2/c1-16(2)25-12-13-26-23(9-7-8-17(3)14-18(4)27)19(5)22-15-21(20(6)28)10-11-24(22)26/h8-11,15-16,25H,5,7,12-14H2,1-4,6H3/b17-8+,23-9+. The van der Waals surface area contributed by atoms with Crippen molar-refractivity contribution in [3.63, 3.8) is 0 Å². The second-order valence-electron chi connectivity index (χ2n) is 7.78. The zero-order valence-corrected chi connectivity index (χ0v) is 17.8. The number of nitrogens with one attached hydrogen (secondary N) is 1. The summed E-state index contributed by atoms with van der Waals surface area (Å²) < 4.78 is 2.27. The van der Waals surface area contributed by atoms with Crippen LogP contribution in [-0.4, -0.2) is 28.7 Å². The fourth-order valence-corrected chi connectivity index (χ4v) is 3.44. The van der Waals surface area contributed by atoms with Gasteiger partial charge in [-0.05, 0) is 50.6 Å². The van der Waals surface area contributed by atoms with Gasteiger partial charge in [-0.1, -0.05) is 38.2 Å². The van der Waals surface area contributed by atoms with Crippen LogP contribution in [0.3, 0.4) is 0 Å². The van der Waals surface area contributed by atoms with Crippen LogP contribution >= 0.6 is 0 Å². The average Bonchev–Trinajstić information content (AvgIpc) is 2.86. The number of Topliss-reactive ketones (excluding diaryl/α,β-unsaturated/α-hetero) is 2. The molecule has 1 aromatic heterocycles. The second kappa shape index (κ2) is 9.65. The molecule has 2 rings (SSSR count). The van der Waals surface area contributed by atoms with Crippen molar-refractivity contribution in [2.45, 2.75) is 60.0 Å². The lowest BCUT2D eigenvalue weighted by atomic mass is 10.1. The Morgan fingerprint density at radius 1 is 1.21 bits per heavy atom. The van der Waals surface area contributed by atoms with Crippen LogP contribution in [-0.2, 0) is 11.3 Å². The molecule has 0 aliphatic heterocycles. The summed E-state index contributed by atoms with van der Waals surface area (Å²) in [6.45, 7) is 15.4. The number of nitrogens with zero attached hydrogens (tertiary/aromatic N) is 1. The predicted octanol–water partition coefficient (Wildman–Crippen LogP) is 3.35. The molecular formula is C24H32N2O2. The van der Waals surface area contributed by atoms with Gasteiger partial charge in [-0.15, -0.1) is 0 Å². The third-order valence-electron chi connectivity index (χ3n) is 4.81. The third-order valence-corrected chi connectivity index (χ3v) is 4.81. The Morgan fingerprint density at radius 2 is 1.93 bits per heavy atom. The minimum atomic E-state index is 0.0591. The van der Waals surface area contributed by atoms with E-state index < -0.39 is 0 Å². The van der Waals surface area contributed by atoms with Crippen LogP contribution in [0.25, 0.3) is 23.6 Å². The fraction of sp³-hybridized carbons (Fsp3) is 0.417. The Balaban J connectivity index is 2.49. The van der Waals surface area contributed by atoms with E-state index in [4.69, 9.17) is 0 Å². The summed E-state index contributed by atoms with van der Waals surface area (Å²) in [5, 5.41) is 6.50. The minimum absolute atomic E-state index is 0.0591. The summed E-state index contributed by atoms with van der Waals surface area (Å²) in [5.41, 5.74) is 2.88. The van der Waals surface area contributed by atoms with Crippen LogP contribution in [0.1, 0.15) is 57.8 Å².